The van der Waals surface area contributed by atoms with Gasteiger partial charge in [-0.05, 0) is 80.3 Å². The molecule has 6 aliphatic rings. The van der Waals surface area contributed by atoms with E-state index < -0.39 is 35.1 Å². The normalized spacial score (nSPS) is 45.7. The van der Waals surface area contributed by atoms with Crippen LogP contribution in [-0.2, 0) is 19.0 Å². The lowest BCUT2D eigenvalue weighted by atomic mass is 9.59. The van der Waals surface area contributed by atoms with E-state index in [-0.39, 0.29) is 35.6 Å². The third-order valence-electron chi connectivity index (χ3n) is 10.4. The topological polar surface area (TPSA) is 85.3 Å². The first kappa shape index (κ1) is 24.6. The van der Waals surface area contributed by atoms with E-state index in [4.69, 9.17) is 14.2 Å². The van der Waals surface area contributed by atoms with Crippen LogP contribution >= 0.6 is 0 Å². The first-order valence-electron chi connectivity index (χ1n) is 13.6. The molecule has 7 nitrogen and oxygen atoms in total. The molecule has 0 aromatic heterocycles. The molecule has 1 heterocycles. The van der Waals surface area contributed by atoms with Crippen molar-refractivity contribution in [1.82, 2.24) is 4.90 Å². The standard InChI is InChI=1S/C29H41NO6/c1-15-12-28-16(2)10-20-21(26(20,3)4)19(22(28)31)11-18-14-34-27(5,6)36-24(18)29(28,33)23(15)35-25(32)30(7)13-17-8-9-17/h11-12,16-17,19-21,23-24,33H,8-10,13-14H2,1-7H3/t16-,19+,20-,21+,23+,24-,28+,29-/m1/s1. The number of ketones is 1. The molecule has 0 radical (unpaired) electrons. The van der Waals surface area contributed by atoms with Crippen molar-refractivity contribution in [1.29, 1.82) is 0 Å². The third kappa shape index (κ3) is 3.15. The highest BCUT2D eigenvalue weighted by atomic mass is 16.7. The summed E-state index contributed by atoms with van der Waals surface area (Å²) in [4.78, 5) is 29.5. The largest absolute Gasteiger partial charge is 0.438 e. The molecule has 7 heteroatoms. The Kier molecular flexibility index (Phi) is 5.09. The van der Waals surface area contributed by atoms with E-state index in [9.17, 15) is 14.7 Å². The molecule has 2 bridgehead atoms. The number of nitrogens with zero attached hydrogens (tertiary/aromatic N) is 1. The SMILES string of the molecule is CC1=C[C@]23C(=O)[C@@H](C=C4COC(C)(C)O[C@H]4[C@]2(O)[C@H]1OC(=O)N(C)CC1CC1)[C@H]1[C@@H](C[C@H]3C)C1(C)C. The number of aliphatic hydroxyl groups is 1. The summed E-state index contributed by atoms with van der Waals surface area (Å²) in [6.07, 6.45) is 4.78. The van der Waals surface area contributed by atoms with Gasteiger partial charge in [-0.3, -0.25) is 4.79 Å². The molecule has 4 fully saturated rings. The predicted molar refractivity (Wildman–Crippen MR) is 133 cm³/mol. The van der Waals surface area contributed by atoms with Gasteiger partial charge in [-0.25, -0.2) is 4.79 Å². The summed E-state index contributed by atoms with van der Waals surface area (Å²) in [5, 5.41) is 13.0. The van der Waals surface area contributed by atoms with Crippen LogP contribution in [0.2, 0.25) is 0 Å². The molecule has 36 heavy (non-hydrogen) atoms. The van der Waals surface area contributed by atoms with Gasteiger partial charge in [-0.1, -0.05) is 32.9 Å². The molecular weight excluding hydrogens is 458 g/mol. The van der Waals surface area contributed by atoms with E-state index >= 15 is 0 Å². The van der Waals surface area contributed by atoms with Crippen molar-refractivity contribution in [3.63, 3.8) is 0 Å². The summed E-state index contributed by atoms with van der Waals surface area (Å²) < 4.78 is 18.6. The summed E-state index contributed by atoms with van der Waals surface area (Å²) in [5.41, 5.74) is -1.40. The Morgan fingerprint density at radius 2 is 1.94 bits per heavy atom. The minimum atomic E-state index is -1.76. The fourth-order valence-electron chi connectivity index (χ4n) is 8.25. The van der Waals surface area contributed by atoms with Crippen molar-refractivity contribution in [2.24, 2.45) is 40.4 Å². The number of allylic oxidation sites excluding steroid dienone is 1. The molecular formula is C29H41NO6. The zero-order valence-electron chi connectivity index (χ0n) is 22.7. The van der Waals surface area contributed by atoms with E-state index in [0.717, 1.165) is 24.8 Å². The molecule has 0 aromatic rings. The fourth-order valence-corrected chi connectivity index (χ4v) is 8.25. The summed E-state index contributed by atoms with van der Waals surface area (Å²) in [6.45, 7) is 13.0. The van der Waals surface area contributed by atoms with Gasteiger partial charge in [0.15, 0.2) is 23.3 Å². The number of hydrogen-bond acceptors (Lipinski definition) is 6. The van der Waals surface area contributed by atoms with Gasteiger partial charge in [0, 0.05) is 19.5 Å². The Bertz CT molecular complexity index is 1070. The van der Waals surface area contributed by atoms with Crippen LogP contribution in [0.1, 0.15) is 60.8 Å². The molecule has 6 rings (SSSR count). The fraction of sp³-hybridized carbons (Fsp3) is 0.793. The molecule has 1 amide bonds. The first-order chi connectivity index (χ1) is 16.7. The van der Waals surface area contributed by atoms with Gasteiger partial charge in [-0.2, -0.15) is 0 Å². The van der Waals surface area contributed by atoms with Crippen LogP contribution in [-0.4, -0.2) is 65.7 Å². The van der Waals surface area contributed by atoms with Gasteiger partial charge in [-0.15, -0.1) is 0 Å². The van der Waals surface area contributed by atoms with Gasteiger partial charge in [0.1, 0.15) is 6.10 Å². The number of Topliss-reactive ketones (excluding diaryl/α,β-unsaturated/α-hetero) is 1. The summed E-state index contributed by atoms with van der Waals surface area (Å²) in [5.74, 6) is -0.246. The molecule has 0 aromatic carbocycles. The van der Waals surface area contributed by atoms with Crippen LogP contribution in [0.25, 0.3) is 0 Å². The maximum atomic E-state index is 14.7. The van der Waals surface area contributed by atoms with Crippen molar-refractivity contribution >= 4 is 11.9 Å². The van der Waals surface area contributed by atoms with E-state index in [0.29, 0.717) is 24.0 Å². The van der Waals surface area contributed by atoms with Crippen LogP contribution in [0, 0.1) is 40.4 Å². The lowest BCUT2D eigenvalue weighted by Gasteiger charge is -2.52. The molecule has 1 N–H and O–H groups in total. The second-order valence-electron chi connectivity index (χ2n) is 13.6. The van der Waals surface area contributed by atoms with Crippen LogP contribution in [0.4, 0.5) is 4.79 Å². The van der Waals surface area contributed by atoms with E-state index in [1.807, 2.05) is 32.9 Å². The minimum Gasteiger partial charge on any atom is -0.438 e. The second kappa shape index (κ2) is 7.45. The monoisotopic (exact) mass is 499 g/mol. The Hall–Kier alpha value is -1.70. The molecule has 1 spiro atoms. The van der Waals surface area contributed by atoms with Crippen LogP contribution < -0.4 is 0 Å². The number of hydrogen-bond donors (Lipinski definition) is 1. The zero-order chi connectivity index (χ0) is 26.0. The highest BCUT2D eigenvalue weighted by Gasteiger charge is 2.77. The van der Waals surface area contributed by atoms with Gasteiger partial charge in [0.25, 0.3) is 0 Å². The quantitative estimate of drug-likeness (QED) is 0.589. The Balaban J connectivity index is 1.47. The number of rotatable bonds is 3. The van der Waals surface area contributed by atoms with Gasteiger partial charge in [0.05, 0.1) is 12.0 Å². The lowest BCUT2D eigenvalue weighted by molar-refractivity contribution is -0.303. The number of fused-ring (bicyclic) bond motifs is 5. The predicted octanol–water partition coefficient (Wildman–Crippen LogP) is 4.10. The maximum absolute atomic E-state index is 14.7. The molecule has 0 unspecified atom stereocenters. The van der Waals surface area contributed by atoms with Crippen molar-refractivity contribution in [2.75, 3.05) is 20.2 Å². The highest BCUT2D eigenvalue weighted by Crippen LogP contribution is 2.72. The van der Waals surface area contributed by atoms with Crippen LogP contribution in [0.3, 0.4) is 0 Å². The van der Waals surface area contributed by atoms with E-state index in [2.05, 4.69) is 20.8 Å². The average molecular weight is 500 g/mol. The zero-order valence-corrected chi connectivity index (χ0v) is 22.7. The Morgan fingerprint density at radius 1 is 1.25 bits per heavy atom. The lowest BCUT2D eigenvalue weighted by Crippen LogP contribution is -2.68. The van der Waals surface area contributed by atoms with Gasteiger partial charge < -0.3 is 24.2 Å². The molecule has 1 saturated heterocycles. The Morgan fingerprint density at radius 3 is 2.61 bits per heavy atom. The second-order valence-corrected chi connectivity index (χ2v) is 13.6. The molecule has 8 atom stereocenters. The first-order valence-corrected chi connectivity index (χ1v) is 13.6. The van der Waals surface area contributed by atoms with Crippen molar-refractivity contribution in [3.05, 3.63) is 23.3 Å². The van der Waals surface area contributed by atoms with Crippen LogP contribution in [0.5, 0.6) is 0 Å². The molecule has 198 valence electrons. The number of ether oxygens (including phenoxy) is 3. The average Bonchev–Trinajstić information content (AvgIpc) is 3.69. The molecule has 1 aliphatic heterocycles. The minimum absolute atomic E-state index is 0.0307. The summed E-state index contributed by atoms with van der Waals surface area (Å²) >= 11 is 0. The van der Waals surface area contributed by atoms with Gasteiger partial charge in [0.2, 0.25) is 0 Å². The summed E-state index contributed by atoms with van der Waals surface area (Å²) in [6, 6.07) is 0. The number of amides is 1. The highest BCUT2D eigenvalue weighted by molar-refractivity contribution is 5.95. The third-order valence-corrected chi connectivity index (χ3v) is 10.4. The molecule has 3 saturated carbocycles. The van der Waals surface area contributed by atoms with E-state index in [1.54, 1.807) is 11.9 Å². The summed E-state index contributed by atoms with van der Waals surface area (Å²) in [7, 11) is 1.74. The maximum Gasteiger partial charge on any atom is 0.410 e. The number of carbonyl (C=O) groups excluding carboxylic acids is 2. The van der Waals surface area contributed by atoms with Crippen molar-refractivity contribution in [3.8, 4) is 0 Å². The van der Waals surface area contributed by atoms with Crippen molar-refractivity contribution < 1.29 is 28.9 Å². The van der Waals surface area contributed by atoms with Gasteiger partial charge >= 0.3 is 6.09 Å². The Labute approximate surface area is 214 Å². The van der Waals surface area contributed by atoms with E-state index in [1.165, 1.54) is 0 Å². The number of carbonyl (C=O) groups is 2. The smallest absolute Gasteiger partial charge is 0.410 e. The van der Waals surface area contributed by atoms with Crippen molar-refractivity contribution in [2.45, 2.75) is 84.4 Å². The molecule has 5 aliphatic carbocycles. The van der Waals surface area contributed by atoms with Crippen LogP contribution in [0.15, 0.2) is 23.3 Å².